The van der Waals surface area contributed by atoms with Gasteiger partial charge in [-0.3, -0.25) is 14.7 Å². The predicted octanol–water partition coefficient (Wildman–Crippen LogP) is -0.885. The molecule has 88 valence electrons. The Kier molecular flexibility index (Phi) is 3.53. The second-order valence-electron chi connectivity index (χ2n) is 3.63. The summed E-state index contributed by atoms with van der Waals surface area (Å²) < 4.78 is 10.6. The van der Waals surface area contributed by atoms with Gasteiger partial charge in [0.15, 0.2) is 6.73 Å². The van der Waals surface area contributed by atoms with Crippen molar-refractivity contribution in [3.05, 3.63) is 11.8 Å². The van der Waals surface area contributed by atoms with Gasteiger partial charge in [-0.2, -0.15) is 0 Å². The van der Waals surface area contributed by atoms with Crippen molar-refractivity contribution in [3.8, 4) is 0 Å². The van der Waals surface area contributed by atoms with Crippen LogP contribution in [0.15, 0.2) is 16.8 Å². The second-order valence-corrected chi connectivity index (χ2v) is 3.63. The summed E-state index contributed by atoms with van der Waals surface area (Å²) in [5.74, 6) is 0.174. The van der Waals surface area contributed by atoms with Crippen LogP contribution in [-0.4, -0.2) is 56.1 Å². The number of hydrogen-bond acceptors (Lipinski definition) is 5. The van der Waals surface area contributed by atoms with Crippen LogP contribution >= 0.6 is 0 Å². The van der Waals surface area contributed by atoms with E-state index in [0.717, 1.165) is 0 Å². The minimum Gasteiger partial charge on any atom is -0.473 e. The van der Waals surface area contributed by atoms with Crippen LogP contribution < -0.4 is 5.73 Å². The Morgan fingerprint density at radius 2 is 2.25 bits per heavy atom. The lowest BCUT2D eigenvalue weighted by atomic mass is 10.1. The summed E-state index contributed by atoms with van der Waals surface area (Å²) in [5, 5.41) is 0. The SMILES string of the molecule is NC(=O)C(C1=CC=NCO1)N1CCOCC1. The maximum absolute atomic E-state index is 11.5. The van der Waals surface area contributed by atoms with E-state index in [4.69, 9.17) is 15.2 Å². The van der Waals surface area contributed by atoms with Gasteiger partial charge in [0.1, 0.15) is 11.8 Å². The number of amides is 1. The Morgan fingerprint density at radius 3 is 2.81 bits per heavy atom. The third-order valence-corrected chi connectivity index (χ3v) is 2.60. The van der Waals surface area contributed by atoms with E-state index in [1.165, 1.54) is 0 Å². The number of hydrogen-bond donors (Lipinski definition) is 1. The first-order valence-corrected chi connectivity index (χ1v) is 5.23. The second kappa shape index (κ2) is 5.09. The highest BCUT2D eigenvalue weighted by Crippen LogP contribution is 2.15. The standard InChI is InChI=1S/C10H15N3O3/c11-10(14)9(8-1-2-12-7-16-8)13-3-5-15-6-4-13/h1-2,9H,3-7H2,(H2,11,14). The Balaban J connectivity index is 2.12. The molecule has 0 saturated carbocycles. The Morgan fingerprint density at radius 1 is 1.50 bits per heavy atom. The van der Waals surface area contributed by atoms with Crippen molar-refractivity contribution in [2.24, 2.45) is 10.7 Å². The highest BCUT2D eigenvalue weighted by molar-refractivity contribution is 5.85. The lowest BCUT2D eigenvalue weighted by molar-refractivity contribution is -0.125. The third-order valence-electron chi connectivity index (χ3n) is 2.60. The first kappa shape index (κ1) is 11.1. The molecule has 6 nitrogen and oxygen atoms in total. The van der Waals surface area contributed by atoms with Crippen LogP contribution in [0.3, 0.4) is 0 Å². The number of aliphatic imine (C=N–C) groups is 1. The van der Waals surface area contributed by atoms with Gasteiger partial charge in [0.2, 0.25) is 5.91 Å². The summed E-state index contributed by atoms with van der Waals surface area (Å²) in [7, 11) is 0. The molecule has 1 atom stereocenters. The molecule has 2 rings (SSSR count). The van der Waals surface area contributed by atoms with E-state index in [1.807, 2.05) is 4.90 Å². The number of nitrogens with two attached hydrogens (primary N) is 1. The van der Waals surface area contributed by atoms with E-state index in [1.54, 1.807) is 12.3 Å². The molecule has 0 aromatic rings. The molecule has 2 heterocycles. The molecule has 0 aromatic heterocycles. The van der Waals surface area contributed by atoms with E-state index in [9.17, 15) is 4.79 Å². The molecule has 0 bridgehead atoms. The first-order valence-electron chi connectivity index (χ1n) is 5.23. The number of morpholine rings is 1. The average molecular weight is 225 g/mol. The van der Waals surface area contributed by atoms with Crippen molar-refractivity contribution in [1.82, 2.24) is 4.90 Å². The number of ether oxygens (including phenoxy) is 2. The lowest BCUT2D eigenvalue weighted by Crippen LogP contribution is -2.51. The van der Waals surface area contributed by atoms with Gasteiger partial charge in [-0.1, -0.05) is 0 Å². The topological polar surface area (TPSA) is 77.2 Å². The van der Waals surface area contributed by atoms with Crippen molar-refractivity contribution < 1.29 is 14.3 Å². The summed E-state index contributed by atoms with van der Waals surface area (Å²) in [6, 6.07) is -0.504. The van der Waals surface area contributed by atoms with Gasteiger partial charge >= 0.3 is 0 Å². The molecule has 16 heavy (non-hydrogen) atoms. The van der Waals surface area contributed by atoms with Crippen LogP contribution in [0.1, 0.15) is 0 Å². The minimum absolute atomic E-state index is 0.250. The van der Waals surface area contributed by atoms with Crippen molar-refractivity contribution in [3.63, 3.8) is 0 Å². The fraction of sp³-hybridized carbons (Fsp3) is 0.600. The predicted molar refractivity (Wildman–Crippen MR) is 57.9 cm³/mol. The smallest absolute Gasteiger partial charge is 0.242 e. The highest BCUT2D eigenvalue weighted by atomic mass is 16.5. The van der Waals surface area contributed by atoms with Crippen LogP contribution in [0.25, 0.3) is 0 Å². The summed E-state index contributed by atoms with van der Waals surface area (Å²) in [5.41, 5.74) is 5.41. The van der Waals surface area contributed by atoms with Gasteiger partial charge in [0.05, 0.1) is 13.2 Å². The number of rotatable bonds is 3. The number of carbonyl (C=O) groups is 1. The van der Waals surface area contributed by atoms with Crippen LogP contribution in [0.5, 0.6) is 0 Å². The quantitative estimate of drug-likeness (QED) is 0.676. The average Bonchev–Trinajstić information content (AvgIpc) is 2.31. The molecule has 0 aromatic carbocycles. The zero-order chi connectivity index (χ0) is 11.4. The van der Waals surface area contributed by atoms with Crippen LogP contribution in [0, 0.1) is 0 Å². The summed E-state index contributed by atoms with van der Waals surface area (Å²) in [4.78, 5) is 17.3. The van der Waals surface area contributed by atoms with Crippen LogP contribution in [-0.2, 0) is 14.3 Å². The van der Waals surface area contributed by atoms with Gasteiger partial charge in [-0.15, -0.1) is 0 Å². The molecule has 6 heteroatoms. The van der Waals surface area contributed by atoms with Crippen molar-refractivity contribution >= 4 is 12.1 Å². The van der Waals surface area contributed by atoms with Gasteiger partial charge < -0.3 is 15.2 Å². The molecule has 1 fully saturated rings. The molecule has 1 amide bonds. The van der Waals surface area contributed by atoms with Gasteiger partial charge in [0, 0.05) is 19.3 Å². The zero-order valence-corrected chi connectivity index (χ0v) is 8.96. The largest absolute Gasteiger partial charge is 0.473 e. The Bertz CT molecular complexity index is 321. The number of nitrogens with zero attached hydrogens (tertiary/aromatic N) is 2. The lowest BCUT2D eigenvalue weighted by Gasteiger charge is -2.33. The molecule has 2 aliphatic rings. The third kappa shape index (κ3) is 2.40. The zero-order valence-electron chi connectivity index (χ0n) is 8.96. The van der Waals surface area contributed by atoms with Crippen molar-refractivity contribution in [1.29, 1.82) is 0 Å². The van der Waals surface area contributed by atoms with Gasteiger partial charge in [-0.25, -0.2) is 0 Å². The molecule has 0 spiro atoms. The molecule has 1 saturated heterocycles. The maximum Gasteiger partial charge on any atom is 0.242 e. The van der Waals surface area contributed by atoms with Gasteiger partial charge in [0.25, 0.3) is 0 Å². The molecule has 0 radical (unpaired) electrons. The number of allylic oxidation sites excluding steroid dienone is 1. The number of carbonyl (C=O) groups excluding carboxylic acids is 1. The fourth-order valence-electron chi connectivity index (χ4n) is 1.83. The first-order chi connectivity index (χ1) is 7.79. The van der Waals surface area contributed by atoms with Crippen LogP contribution in [0.2, 0.25) is 0 Å². The van der Waals surface area contributed by atoms with Gasteiger partial charge in [-0.05, 0) is 6.08 Å². The van der Waals surface area contributed by atoms with E-state index >= 15 is 0 Å². The van der Waals surface area contributed by atoms with Crippen LogP contribution in [0.4, 0.5) is 0 Å². The summed E-state index contributed by atoms with van der Waals surface area (Å²) in [6.45, 7) is 2.85. The molecule has 2 aliphatic heterocycles. The van der Waals surface area contributed by atoms with E-state index in [0.29, 0.717) is 32.1 Å². The monoisotopic (exact) mass is 225 g/mol. The summed E-state index contributed by atoms with van der Waals surface area (Å²) in [6.07, 6.45) is 3.32. The molecule has 1 unspecified atom stereocenters. The fourth-order valence-corrected chi connectivity index (χ4v) is 1.83. The van der Waals surface area contributed by atoms with E-state index in [2.05, 4.69) is 4.99 Å². The summed E-state index contributed by atoms with van der Waals surface area (Å²) >= 11 is 0. The van der Waals surface area contributed by atoms with Crippen molar-refractivity contribution in [2.75, 3.05) is 33.0 Å². The normalized spacial score (nSPS) is 23.4. The molecule has 0 aliphatic carbocycles. The van der Waals surface area contributed by atoms with Crippen molar-refractivity contribution in [2.45, 2.75) is 6.04 Å². The molecular formula is C10H15N3O3. The van der Waals surface area contributed by atoms with E-state index < -0.39 is 11.9 Å². The Labute approximate surface area is 93.7 Å². The molecular weight excluding hydrogens is 210 g/mol. The van der Waals surface area contributed by atoms with E-state index in [-0.39, 0.29) is 6.73 Å². The maximum atomic E-state index is 11.5. The molecule has 2 N–H and O–H groups in total. The number of primary amides is 1. The Hall–Kier alpha value is -1.40. The minimum atomic E-state index is -0.504. The highest BCUT2D eigenvalue weighted by Gasteiger charge is 2.30.